The number of aromatic nitrogens is 1. The van der Waals surface area contributed by atoms with Crippen LogP contribution in [0.25, 0.3) is 22.2 Å². The number of ether oxygens (including phenoxy) is 2. The van der Waals surface area contributed by atoms with Crippen molar-refractivity contribution in [2.45, 2.75) is 6.92 Å². The van der Waals surface area contributed by atoms with Crippen molar-refractivity contribution < 1.29 is 9.47 Å². The van der Waals surface area contributed by atoms with E-state index in [1.54, 1.807) is 14.2 Å². The van der Waals surface area contributed by atoms with Crippen molar-refractivity contribution in [3.8, 4) is 22.8 Å². The summed E-state index contributed by atoms with van der Waals surface area (Å²) >= 11 is 0. The third kappa shape index (κ3) is 2.55. The molecule has 0 aliphatic carbocycles. The largest absolute Gasteiger partial charge is 0.497 e. The number of benzene rings is 2. The number of methoxy groups -OCH3 is 2. The van der Waals surface area contributed by atoms with Gasteiger partial charge in [-0.2, -0.15) is 0 Å². The SMILES string of the molecule is COc1ccc(-c2cc(OC)c3cc(C)ccc3n2)cc1. The molecule has 3 nitrogen and oxygen atoms in total. The highest BCUT2D eigenvalue weighted by Crippen LogP contribution is 2.31. The third-order valence-corrected chi connectivity index (χ3v) is 3.53. The number of hydrogen-bond acceptors (Lipinski definition) is 3. The van der Waals surface area contributed by atoms with E-state index in [9.17, 15) is 0 Å². The van der Waals surface area contributed by atoms with Crippen LogP contribution in [0.1, 0.15) is 5.56 Å². The van der Waals surface area contributed by atoms with Crippen molar-refractivity contribution in [1.29, 1.82) is 0 Å². The Morgan fingerprint density at radius 2 is 1.62 bits per heavy atom. The van der Waals surface area contributed by atoms with Crippen LogP contribution in [0.2, 0.25) is 0 Å². The maximum atomic E-state index is 5.52. The molecule has 0 N–H and O–H groups in total. The van der Waals surface area contributed by atoms with Crippen molar-refractivity contribution in [2.75, 3.05) is 14.2 Å². The minimum absolute atomic E-state index is 0.835. The zero-order valence-corrected chi connectivity index (χ0v) is 12.4. The van der Waals surface area contributed by atoms with Crippen LogP contribution in [0, 0.1) is 6.92 Å². The second-order valence-electron chi connectivity index (χ2n) is 4.96. The maximum Gasteiger partial charge on any atom is 0.130 e. The molecular formula is C18H17NO2. The minimum atomic E-state index is 0.835. The molecule has 3 heteroatoms. The summed E-state index contributed by atoms with van der Waals surface area (Å²) in [5.74, 6) is 1.68. The standard InChI is InChI=1S/C18H17NO2/c1-12-4-9-16-15(10-12)18(21-3)11-17(19-16)13-5-7-14(20-2)8-6-13/h4-11H,1-3H3. The van der Waals surface area contributed by atoms with E-state index in [1.165, 1.54) is 5.56 Å². The molecule has 106 valence electrons. The van der Waals surface area contributed by atoms with Crippen LogP contribution in [0.3, 0.4) is 0 Å². The fraction of sp³-hybridized carbons (Fsp3) is 0.167. The molecule has 0 saturated heterocycles. The summed E-state index contributed by atoms with van der Waals surface area (Å²) < 4.78 is 10.7. The maximum absolute atomic E-state index is 5.52. The Kier molecular flexibility index (Phi) is 3.48. The predicted molar refractivity (Wildman–Crippen MR) is 85.0 cm³/mol. The summed E-state index contributed by atoms with van der Waals surface area (Å²) in [4.78, 5) is 4.73. The highest BCUT2D eigenvalue weighted by molar-refractivity contribution is 5.88. The molecule has 1 aromatic heterocycles. The van der Waals surface area contributed by atoms with Crippen molar-refractivity contribution >= 4 is 10.9 Å². The first-order valence-corrected chi connectivity index (χ1v) is 6.81. The Hall–Kier alpha value is -2.55. The molecule has 0 aliphatic heterocycles. The molecular weight excluding hydrogens is 262 g/mol. The lowest BCUT2D eigenvalue weighted by Crippen LogP contribution is -1.92. The summed E-state index contributed by atoms with van der Waals surface area (Å²) in [6.07, 6.45) is 0. The lowest BCUT2D eigenvalue weighted by molar-refractivity contribution is 0.415. The lowest BCUT2D eigenvalue weighted by atomic mass is 10.1. The van der Waals surface area contributed by atoms with Crippen LogP contribution in [0.5, 0.6) is 11.5 Å². The van der Waals surface area contributed by atoms with E-state index in [2.05, 4.69) is 19.1 Å². The summed E-state index contributed by atoms with van der Waals surface area (Å²) in [6.45, 7) is 2.07. The number of nitrogens with zero attached hydrogens (tertiary/aromatic N) is 1. The average Bonchev–Trinajstić information content (AvgIpc) is 2.54. The summed E-state index contributed by atoms with van der Waals surface area (Å²) in [5, 5.41) is 1.04. The zero-order chi connectivity index (χ0) is 14.8. The molecule has 2 aromatic carbocycles. The Labute approximate surface area is 124 Å². The van der Waals surface area contributed by atoms with Gasteiger partial charge in [0, 0.05) is 17.0 Å². The summed E-state index contributed by atoms with van der Waals surface area (Å²) in [6, 6.07) is 16.0. The number of hydrogen-bond donors (Lipinski definition) is 0. The molecule has 0 aliphatic rings. The normalized spacial score (nSPS) is 10.6. The smallest absolute Gasteiger partial charge is 0.130 e. The van der Waals surface area contributed by atoms with Gasteiger partial charge in [0.05, 0.1) is 25.4 Å². The van der Waals surface area contributed by atoms with E-state index >= 15 is 0 Å². The molecule has 0 atom stereocenters. The molecule has 21 heavy (non-hydrogen) atoms. The van der Waals surface area contributed by atoms with Crippen molar-refractivity contribution in [1.82, 2.24) is 4.98 Å². The predicted octanol–water partition coefficient (Wildman–Crippen LogP) is 4.23. The van der Waals surface area contributed by atoms with E-state index in [0.29, 0.717) is 0 Å². The Morgan fingerprint density at radius 3 is 2.29 bits per heavy atom. The van der Waals surface area contributed by atoms with Gasteiger partial charge in [-0.15, -0.1) is 0 Å². The van der Waals surface area contributed by atoms with Crippen LogP contribution in [0.15, 0.2) is 48.5 Å². The van der Waals surface area contributed by atoms with Gasteiger partial charge < -0.3 is 9.47 Å². The zero-order valence-electron chi connectivity index (χ0n) is 12.4. The molecule has 0 amide bonds. The van der Waals surface area contributed by atoms with Gasteiger partial charge in [-0.3, -0.25) is 0 Å². The molecule has 3 aromatic rings. The summed E-state index contributed by atoms with van der Waals surface area (Å²) in [5.41, 5.74) is 4.06. The number of rotatable bonds is 3. The van der Waals surface area contributed by atoms with Gasteiger partial charge in [0.25, 0.3) is 0 Å². The van der Waals surface area contributed by atoms with Gasteiger partial charge in [-0.1, -0.05) is 11.6 Å². The van der Waals surface area contributed by atoms with Crippen molar-refractivity contribution in [3.05, 3.63) is 54.1 Å². The fourth-order valence-electron chi connectivity index (χ4n) is 2.39. The van der Waals surface area contributed by atoms with Crippen LogP contribution < -0.4 is 9.47 Å². The number of fused-ring (bicyclic) bond motifs is 1. The molecule has 0 unspecified atom stereocenters. The molecule has 1 heterocycles. The lowest BCUT2D eigenvalue weighted by Gasteiger charge is -2.10. The fourth-order valence-corrected chi connectivity index (χ4v) is 2.39. The second-order valence-corrected chi connectivity index (χ2v) is 4.96. The van der Waals surface area contributed by atoms with Gasteiger partial charge in [0.15, 0.2) is 0 Å². The highest BCUT2D eigenvalue weighted by atomic mass is 16.5. The monoisotopic (exact) mass is 279 g/mol. The molecule has 0 fully saturated rings. The quantitative estimate of drug-likeness (QED) is 0.719. The van der Waals surface area contributed by atoms with E-state index in [-0.39, 0.29) is 0 Å². The minimum Gasteiger partial charge on any atom is -0.497 e. The second kappa shape index (κ2) is 5.44. The van der Waals surface area contributed by atoms with Crippen LogP contribution in [-0.4, -0.2) is 19.2 Å². The number of pyridine rings is 1. The average molecular weight is 279 g/mol. The van der Waals surface area contributed by atoms with E-state index < -0.39 is 0 Å². The van der Waals surface area contributed by atoms with Crippen LogP contribution in [-0.2, 0) is 0 Å². The molecule has 0 radical (unpaired) electrons. The first-order valence-electron chi connectivity index (χ1n) is 6.81. The topological polar surface area (TPSA) is 31.4 Å². The Balaban J connectivity index is 2.16. The van der Waals surface area contributed by atoms with Gasteiger partial charge in [-0.05, 0) is 43.3 Å². The molecule has 0 bridgehead atoms. The van der Waals surface area contributed by atoms with Gasteiger partial charge >= 0.3 is 0 Å². The highest BCUT2D eigenvalue weighted by Gasteiger charge is 2.08. The van der Waals surface area contributed by atoms with Crippen LogP contribution in [0.4, 0.5) is 0 Å². The van der Waals surface area contributed by atoms with Gasteiger partial charge in [0.2, 0.25) is 0 Å². The Bertz CT molecular complexity index is 779. The molecule has 0 spiro atoms. The summed E-state index contributed by atoms with van der Waals surface area (Å²) in [7, 11) is 3.35. The Morgan fingerprint density at radius 1 is 0.857 bits per heavy atom. The number of aryl methyl sites for hydroxylation is 1. The van der Waals surface area contributed by atoms with Gasteiger partial charge in [-0.25, -0.2) is 4.98 Å². The first kappa shape index (κ1) is 13.4. The third-order valence-electron chi connectivity index (χ3n) is 3.53. The van der Waals surface area contributed by atoms with Gasteiger partial charge in [0.1, 0.15) is 11.5 Å². The molecule has 0 saturated carbocycles. The van der Waals surface area contributed by atoms with E-state index in [1.807, 2.05) is 36.4 Å². The van der Waals surface area contributed by atoms with Crippen LogP contribution >= 0.6 is 0 Å². The van der Waals surface area contributed by atoms with E-state index in [0.717, 1.165) is 33.7 Å². The van der Waals surface area contributed by atoms with Crippen molar-refractivity contribution in [2.24, 2.45) is 0 Å². The molecule has 3 rings (SSSR count). The first-order chi connectivity index (χ1) is 10.2. The van der Waals surface area contributed by atoms with Crippen molar-refractivity contribution in [3.63, 3.8) is 0 Å². The van der Waals surface area contributed by atoms with E-state index in [4.69, 9.17) is 14.5 Å².